The number of halogens is 2. The van der Waals surface area contributed by atoms with E-state index in [0.717, 1.165) is 4.31 Å². The third-order valence-corrected chi connectivity index (χ3v) is 5.39. The lowest BCUT2D eigenvalue weighted by molar-refractivity contribution is -0.141. The minimum Gasteiger partial charge on any atom is -0.465 e. The van der Waals surface area contributed by atoms with Crippen LogP contribution >= 0.6 is 23.2 Å². The molecule has 0 fully saturated rings. The van der Waals surface area contributed by atoms with Crippen molar-refractivity contribution in [2.24, 2.45) is 0 Å². The second-order valence-corrected chi connectivity index (χ2v) is 7.48. The topological polar surface area (TPSA) is 63.7 Å². The Labute approximate surface area is 150 Å². The lowest BCUT2D eigenvalue weighted by atomic mass is 10.3. The normalized spacial score (nSPS) is 11.1. The molecule has 5 nitrogen and oxygen atoms in total. The van der Waals surface area contributed by atoms with Crippen LogP contribution in [0.15, 0.2) is 53.4 Å². The van der Waals surface area contributed by atoms with E-state index in [4.69, 9.17) is 27.9 Å². The third-order valence-electron chi connectivity index (χ3n) is 3.09. The quantitative estimate of drug-likeness (QED) is 0.707. The molecule has 24 heavy (non-hydrogen) atoms. The lowest BCUT2D eigenvalue weighted by Crippen LogP contribution is -2.36. The fourth-order valence-corrected chi connectivity index (χ4v) is 3.64. The second-order valence-electron chi connectivity index (χ2n) is 4.75. The summed E-state index contributed by atoms with van der Waals surface area (Å²) in [5, 5.41) is 0.871. The highest BCUT2D eigenvalue weighted by molar-refractivity contribution is 7.92. The average Bonchev–Trinajstić information content (AvgIpc) is 2.54. The van der Waals surface area contributed by atoms with Gasteiger partial charge in [-0.05, 0) is 55.5 Å². The van der Waals surface area contributed by atoms with Crippen LogP contribution in [0.25, 0.3) is 0 Å². The first-order valence-corrected chi connectivity index (χ1v) is 9.23. The van der Waals surface area contributed by atoms with Gasteiger partial charge in [-0.3, -0.25) is 9.10 Å². The molecule has 128 valence electrons. The summed E-state index contributed by atoms with van der Waals surface area (Å²) >= 11 is 11.7. The van der Waals surface area contributed by atoms with Crippen molar-refractivity contribution in [2.45, 2.75) is 11.8 Å². The van der Waals surface area contributed by atoms with E-state index in [1.807, 2.05) is 0 Å². The van der Waals surface area contributed by atoms with Gasteiger partial charge in [0.2, 0.25) is 0 Å². The maximum Gasteiger partial charge on any atom is 0.326 e. The van der Waals surface area contributed by atoms with Gasteiger partial charge in [-0.1, -0.05) is 23.2 Å². The zero-order chi connectivity index (χ0) is 17.7. The molecule has 0 aliphatic carbocycles. The molecule has 0 heterocycles. The van der Waals surface area contributed by atoms with E-state index >= 15 is 0 Å². The standard InChI is InChI=1S/C16H15Cl2NO4S/c1-2-23-16(20)11-19(14-7-3-12(17)4-8-14)24(21,22)15-9-5-13(18)6-10-15/h3-10H,2,11H2,1H3. The predicted octanol–water partition coefficient (Wildman–Crippen LogP) is 3.75. The number of hydrogen-bond donors (Lipinski definition) is 0. The van der Waals surface area contributed by atoms with Crippen LogP contribution in [0.1, 0.15) is 6.92 Å². The number of hydrogen-bond acceptors (Lipinski definition) is 4. The zero-order valence-electron chi connectivity index (χ0n) is 12.8. The Morgan fingerprint density at radius 3 is 2.00 bits per heavy atom. The number of rotatable bonds is 6. The van der Waals surface area contributed by atoms with Crippen molar-refractivity contribution in [2.75, 3.05) is 17.5 Å². The first kappa shape index (κ1) is 18.6. The highest BCUT2D eigenvalue weighted by atomic mass is 35.5. The minimum atomic E-state index is -3.97. The first-order chi connectivity index (χ1) is 11.3. The summed E-state index contributed by atoms with van der Waals surface area (Å²) in [6.45, 7) is 1.37. The molecule has 2 aromatic rings. The smallest absolute Gasteiger partial charge is 0.326 e. The number of anilines is 1. The maximum atomic E-state index is 12.9. The Morgan fingerprint density at radius 2 is 1.50 bits per heavy atom. The second kappa shape index (κ2) is 7.88. The van der Waals surface area contributed by atoms with E-state index in [-0.39, 0.29) is 11.5 Å². The van der Waals surface area contributed by atoms with Gasteiger partial charge < -0.3 is 4.74 Å². The van der Waals surface area contributed by atoms with Crippen LogP contribution in [0.2, 0.25) is 10.0 Å². The molecular weight excluding hydrogens is 373 g/mol. The largest absolute Gasteiger partial charge is 0.465 e. The van der Waals surface area contributed by atoms with Crippen LogP contribution in [-0.4, -0.2) is 27.5 Å². The fourth-order valence-electron chi connectivity index (χ4n) is 1.98. The van der Waals surface area contributed by atoms with Crippen molar-refractivity contribution in [3.05, 3.63) is 58.6 Å². The van der Waals surface area contributed by atoms with Gasteiger partial charge in [0.1, 0.15) is 6.54 Å². The molecule has 0 radical (unpaired) electrons. The van der Waals surface area contributed by atoms with Gasteiger partial charge in [0.05, 0.1) is 17.2 Å². The summed E-state index contributed by atoms with van der Waals surface area (Å²) in [6.07, 6.45) is 0. The predicted molar refractivity (Wildman–Crippen MR) is 94.1 cm³/mol. The number of esters is 1. The van der Waals surface area contributed by atoms with Gasteiger partial charge in [0.15, 0.2) is 0 Å². The van der Waals surface area contributed by atoms with Crippen LogP contribution in [-0.2, 0) is 19.6 Å². The Hall–Kier alpha value is -1.76. The minimum absolute atomic E-state index is 0.0196. The molecule has 0 atom stereocenters. The molecule has 0 aromatic heterocycles. The summed E-state index contributed by atoms with van der Waals surface area (Å²) in [6, 6.07) is 11.8. The zero-order valence-corrected chi connectivity index (χ0v) is 15.1. The van der Waals surface area contributed by atoms with Gasteiger partial charge in [-0.2, -0.15) is 0 Å². The SMILES string of the molecule is CCOC(=O)CN(c1ccc(Cl)cc1)S(=O)(=O)c1ccc(Cl)cc1. The molecule has 0 saturated carbocycles. The Balaban J connectivity index is 2.45. The monoisotopic (exact) mass is 387 g/mol. The van der Waals surface area contributed by atoms with Crippen molar-refractivity contribution >= 4 is 44.9 Å². The van der Waals surface area contributed by atoms with E-state index in [0.29, 0.717) is 15.7 Å². The maximum absolute atomic E-state index is 12.9. The number of carbonyl (C=O) groups is 1. The highest BCUT2D eigenvalue weighted by Gasteiger charge is 2.27. The molecule has 2 aromatic carbocycles. The van der Waals surface area contributed by atoms with Crippen molar-refractivity contribution in [1.29, 1.82) is 0 Å². The van der Waals surface area contributed by atoms with Crippen LogP contribution in [0, 0.1) is 0 Å². The Bertz CT molecular complexity index is 805. The molecule has 0 spiro atoms. The van der Waals surface area contributed by atoms with Crippen molar-refractivity contribution in [3.63, 3.8) is 0 Å². The van der Waals surface area contributed by atoms with E-state index in [2.05, 4.69) is 0 Å². The molecule has 0 unspecified atom stereocenters. The van der Waals surface area contributed by atoms with E-state index in [9.17, 15) is 13.2 Å². The molecule has 2 rings (SSSR count). The molecule has 8 heteroatoms. The number of ether oxygens (including phenoxy) is 1. The number of sulfonamides is 1. The molecule has 0 aliphatic rings. The molecular formula is C16H15Cl2NO4S. The molecule has 0 aliphatic heterocycles. The van der Waals surface area contributed by atoms with Crippen LogP contribution in [0.3, 0.4) is 0 Å². The summed E-state index contributed by atoms with van der Waals surface area (Å²) in [5.41, 5.74) is 0.308. The van der Waals surface area contributed by atoms with Gasteiger partial charge in [-0.25, -0.2) is 8.42 Å². The van der Waals surface area contributed by atoms with Gasteiger partial charge in [0, 0.05) is 10.0 Å². The Kier molecular flexibility index (Phi) is 6.10. The van der Waals surface area contributed by atoms with Gasteiger partial charge in [0.25, 0.3) is 10.0 Å². The van der Waals surface area contributed by atoms with Gasteiger partial charge >= 0.3 is 5.97 Å². The molecule has 0 bridgehead atoms. The third kappa shape index (κ3) is 4.41. The summed E-state index contributed by atoms with van der Waals surface area (Å²) in [7, 11) is -3.97. The Morgan fingerprint density at radius 1 is 1.00 bits per heavy atom. The first-order valence-electron chi connectivity index (χ1n) is 7.04. The van der Waals surface area contributed by atoms with Crippen molar-refractivity contribution in [1.82, 2.24) is 0 Å². The average molecular weight is 388 g/mol. The highest BCUT2D eigenvalue weighted by Crippen LogP contribution is 2.26. The fraction of sp³-hybridized carbons (Fsp3) is 0.188. The summed E-state index contributed by atoms with van der Waals surface area (Å²) < 4.78 is 31.7. The number of carbonyl (C=O) groups excluding carboxylic acids is 1. The summed E-state index contributed by atoms with van der Waals surface area (Å²) in [4.78, 5) is 11.9. The van der Waals surface area contributed by atoms with Gasteiger partial charge in [-0.15, -0.1) is 0 Å². The molecule has 0 N–H and O–H groups in total. The van der Waals surface area contributed by atoms with E-state index in [1.165, 1.54) is 36.4 Å². The number of nitrogens with zero attached hydrogens (tertiary/aromatic N) is 1. The summed E-state index contributed by atoms with van der Waals surface area (Å²) in [5.74, 6) is -0.648. The lowest BCUT2D eigenvalue weighted by Gasteiger charge is -2.23. The van der Waals surface area contributed by atoms with Crippen LogP contribution in [0.4, 0.5) is 5.69 Å². The molecule has 0 saturated heterocycles. The van der Waals surface area contributed by atoms with Crippen LogP contribution < -0.4 is 4.31 Å². The molecule has 0 amide bonds. The van der Waals surface area contributed by atoms with E-state index in [1.54, 1.807) is 19.1 Å². The van der Waals surface area contributed by atoms with Crippen molar-refractivity contribution in [3.8, 4) is 0 Å². The van der Waals surface area contributed by atoms with Crippen LogP contribution in [0.5, 0.6) is 0 Å². The van der Waals surface area contributed by atoms with Crippen molar-refractivity contribution < 1.29 is 17.9 Å². The number of benzene rings is 2. The van der Waals surface area contributed by atoms with E-state index < -0.39 is 22.5 Å².